The molecule has 0 bridgehead atoms. The normalized spacial score (nSPS) is 13.3. The number of esters is 1. The Morgan fingerprint density at radius 2 is 1.62 bits per heavy atom. The molecule has 1 amide bonds. The summed E-state index contributed by atoms with van der Waals surface area (Å²) in [4.78, 5) is 26.8. The molecule has 1 aromatic heterocycles. The van der Waals surface area contributed by atoms with Crippen LogP contribution in [0.25, 0.3) is 5.69 Å². The Bertz CT molecular complexity index is 975. The van der Waals surface area contributed by atoms with Crippen LogP contribution in [0.1, 0.15) is 23.2 Å². The van der Waals surface area contributed by atoms with Crippen molar-refractivity contribution in [1.82, 2.24) is 4.57 Å². The maximum Gasteiger partial charge on any atom is 0.338 e. The Morgan fingerprint density at radius 1 is 0.897 bits per heavy atom. The highest BCUT2D eigenvalue weighted by Crippen LogP contribution is 2.22. The van der Waals surface area contributed by atoms with Crippen molar-refractivity contribution in [2.24, 2.45) is 0 Å². The third-order valence-corrected chi connectivity index (χ3v) is 4.94. The van der Waals surface area contributed by atoms with Crippen LogP contribution >= 0.6 is 0 Å². The molecule has 0 atom stereocenters. The highest BCUT2D eigenvalue weighted by molar-refractivity contribution is 5.95. The molecule has 0 saturated carbocycles. The Hall–Kier alpha value is -3.54. The molecule has 2 heterocycles. The predicted octanol–water partition coefficient (Wildman–Crippen LogP) is 3.87. The summed E-state index contributed by atoms with van der Waals surface area (Å²) >= 11 is 0. The van der Waals surface area contributed by atoms with Gasteiger partial charge in [-0.15, -0.1) is 0 Å². The van der Waals surface area contributed by atoms with E-state index in [1.807, 2.05) is 59.4 Å². The SMILES string of the molecule is O=C(COC(=O)c1cccc(-n2cccc2)c1)Nc1ccc(N2CCCC2)cc1. The minimum absolute atomic E-state index is 0.333. The van der Waals surface area contributed by atoms with E-state index in [-0.39, 0.29) is 12.5 Å². The minimum Gasteiger partial charge on any atom is -0.452 e. The molecule has 0 spiro atoms. The number of amides is 1. The van der Waals surface area contributed by atoms with Crippen LogP contribution in [0.2, 0.25) is 0 Å². The van der Waals surface area contributed by atoms with E-state index < -0.39 is 5.97 Å². The zero-order valence-corrected chi connectivity index (χ0v) is 16.1. The molecular formula is C23H23N3O3. The minimum atomic E-state index is -0.529. The van der Waals surface area contributed by atoms with Crippen molar-refractivity contribution >= 4 is 23.3 Å². The van der Waals surface area contributed by atoms with Gasteiger partial charge in [-0.1, -0.05) is 6.07 Å². The summed E-state index contributed by atoms with van der Waals surface area (Å²) in [5.74, 6) is -0.896. The van der Waals surface area contributed by atoms with Gasteiger partial charge in [-0.3, -0.25) is 4.79 Å². The number of nitrogens with zero attached hydrogens (tertiary/aromatic N) is 2. The summed E-state index contributed by atoms with van der Waals surface area (Å²) < 4.78 is 7.07. The van der Waals surface area contributed by atoms with Gasteiger partial charge in [-0.05, 0) is 67.4 Å². The maximum atomic E-state index is 12.3. The molecule has 0 radical (unpaired) electrons. The lowest BCUT2D eigenvalue weighted by atomic mass is 10.2. The molecule has 1 aliphatic heterocycles. The summed E-state index contributed by atoms with van der Waals surface area (Å²) in [6, 6.07) is 18.6. The van der Waals surface area contributed by atoms with Gasteiger partial charge in [0.25, 0.3) is 5.91 Å². The van der Waals surface area contributed by atoms with Crippen LogP contribution in [0.15, 0.2) is 73.1 Å². The van der Waals surface area contributed by atoms with E-state index in [0.29, 0.717) is 11.3 Å². The van der Waals surface area contributed by atoms with E-state index in [0.717, 1.165) is 24.5 Å². The van der Waals surface area contributed by atoms with Crippen LogP contribution in [0.4, 0.5) is 11.4 Å². The second kappa shape index (κ2) is 8.65. The first-order valence-corrected chi connectivity index (χ1v) is 9.74. The summed E-state index contributed by atoms with van der Waals surface area (Å²) in [6.45, 7) is 1.82. The Balaban J connectivity index is 1.30. The van der Waals surface area contributed by atoms with Crippen molar-refractivity contribution in [2.75, 3.05) is 29.9 Å². The fourth-order valence-electron chi connectivity index (χ4n) is 3.44. The van der Waals surface area contributed by atoms with Gasteiger partial charge in [0.2, 0.25) is 0 Å². The maximum absolute atomic E-state index is 12.3. The van der Waals surface area contributed by atoms with E-state index in [2.05, 4.69) is 10.2 Å². The second-order valence-electron chi connectivity index (χ2n) is 7.01. The monoisotopic (exact) mass is 389 g/mol. The third-order valence-electron chi connectivity index (χ3n) is 4.94. The van der Waals surface area contributed by atoms with Crippen molar-refractivity contribution in [3.8, 4) is 5.69 Å². The number of anilines is 2. The molecule has 1 aliphatic rings. The van der Waals surface area contributed by atoms with Gasteiger partial charge in [-0.2, -0.15) is 0 Å². The lowest BCUT2D eigenvalue weighted by Crippen LogP contribution is -2.21. The Kier molecular flexibility index (Phi) is 5.61. The van der Waals surface area contributed by atoms with Crippen molar-refractivity contribution in [3.05, 3.63) is 78.6 Å². The smallest absolute Gasteiger partial charge is 0.338 e. The molecule has 0 aliphatic carbocycles. The van der Waals surface area contributed by atoms with Crippen LogP contribution in [0, 0.1) is 0 Å². The lowest BCUT2D eigenvalue weighted by molar-refractivity contribution is -0.119. The van der Waals surface area contributed by atoms with Gasteiger partial charge in [0.1, 0.15) is 0 Å². The molecule has 1 saturated heterocycles. The fourth-order valence-corrected chi connectivity index (χ4v) is 3.44. The van der Waals surface area contributed by atoms with E-state index in [1.54, 1.807) is 18.2 Å². The number of rotatable bonds is 6. The van der Waals surface area contributed by atoms with Crippen LogP contribution in [-0.4, -0.2) is 36.1 Å². The number of aromatic nitrogens is 1. The Labute approximate surface area is 169 Å². The molecule has 1 N–H and O–H groups in total. The number of carbonyl (C=O) groups is 2. The zero-order chi connectivity index (χ0) is 20.1. The lowest BCUT2D eigenvalue weighted by Gasteiger charge is -2.17. The molecule has 6 heteroatoms. The first kappa shape index (κ1) is 18.8. The second-order valence-corrected chi connectivity index (χ2v) is 7.01. The van der Waals surface area contributed by atoms with Gasteiger partial charge >= 0.3 is 5.97 Å². The molecule has 6 nitrogen and oxygen atoms in total. The number of carbonyl (C=O) groups excluding carboxylic acids is 2. The third kappa shape index (κ3) is 4.66. The highest BCUT2D eigenvalue weighted by Gasteiger charge is 2.13. The van der Waals surface area contributed by atoms with E-state index >= 15 is 0 Å². The van der Waals surface area contributed by atoms with Gasteiger partial charge in [0, 0.05) is 42.5 Å². The number of hydrogen-bond donors (Lipinski definition) is 1. The molecule has 1 fully saturated rings. The summed E-state index contributed by atoms with van der Waals surface area (Å²) in [5, 5.41) is 2.76. The summed E-state index contributed by atoms with van der Waals surface area (Å²) in [6.07, 6.45) is 6.23. The fraction of sp³-hybridized carbons (Fsp3) is 0.217. The van der Waals surface area contributed by atoms with Crippen molar-refractivity contribution in [2.45, 2.75) is 12.8 Å². The molecular weight excluding hydrogens is 366 g/mol. The van der Waals surface area contributed by atoms with Gasteiger partial charge in [-0.25, -0.2) is 4.79 Å². The molecule has 2 aromatic carbocycles. The first-order chi connectivity index (χ1) is 14.2. The van der Waals surface area contributed by atoms with E-state index in [4.69, 9.17) is 4.74 Å². The summed E-state index contributed by atoms with van der Waals surface area (Å²) in [5.41, 5.74) is 3.10. The zero-order valence-electron chi connectivity index (χ0n) is 16.1. The number of ether oxygens (including phenoxy) is 1. The average Bonchev–Trinajstić information content (AvgIpc) is 3.47. The average molecular weight is 389 g/mol. The predicted molar refractivity (Wildman–Crippen MR) is 113 cm³/mol. The van der Waals surface area contributed by atoms with E-state index in [1.165, 1.54) is 12.8 Å². The standard InChI is InChI=1S/C23H23N3O3/c27-22(24-19-8-10-20(11-9-19)25-12-1-2-13-25)17-29-23(28)18-6-5-7-21(16-18)26-14-3-4-15-26/h3-11,14-16H,1-2,12-13,17H2,(H,24,27). The topological polar surface area (TPSA) is 63.6 Å². The van der Waals surface area contributed by atoms with Crippen LogP contribution in [-0.2, 0) is 9.53 Å². The van der Waals surface area contributed by atoms with Crippen molar-refractivity contribution < 1.29 is 14.3 Å². The van der Waals surface area contributed by atoms with Crippen molar-refractivity contribution in [1.29, 1.82) is 0 Å². The number of benzene rings is 2. The molecule has 148 valence electrons. The van der Waals surface area contributed by atoms with Crippen LogP contribution in [0.3, 0.4) is 0 Å². The molecule has 4 rings (SSSR count). The van der Waals surface area contributed by atoms with E-state index in [9.17, 15) is 9.59 Å². The van der Waals surface area contributed by atoms with Crippen LogP contribution < -0.4 is 10.2 Å². The first-order valence-electron chi connectivity index (χ1n) is 9.74. The van der Waals surface area contributed by atoms with Gasteiger partial charge in [0.15, 0.2) is 6.61 Å². The molecule has 3 aromatic rings. The number of nitrogens with one attached hydrogen (secondary N) is 1. The largest absolute Gasteiger partial charge is 0.452 e. The molecule has 0 unspecified atom stereocenters. The van der Waals surface area contributed by atoms with Crippen molar-refractivity contribution in [3.63, 3.8) is 0 Å². The molecule has 29 heavy (non-hydrogen) atoms. The summed E-state index contributed by atoms with van der Waals surface area (Å²) in [7, 11) is 0. The van der Waals surface area contributed by atoms with Gasteiger partial charge in [0.05, 0.1) is 5.56 Å². The quantitative estimate of drug-likeness (QED) is 0.650. The number of hydrogen-bond acceptors (Lipinski definition) is 4. The highest BCUT2D eigenvalue weighted by atomic mass is 16.5. The van der Waals surface area contributed by atoms with Gasteiger partial charge < -0.3 is 19.5 Å². The van der Waals surface area contributed by atoms with Crippen LogP contribution in [0.5, 0.6) is 0 Å². The Morgan fingerprint density at radius 3 is 2.34 bits per heavy atom.